The Balaban J connectivity index is 1.63. The van der Waals surface area contributed by atoms with Crippen LogP contribution < -0.4 is 14.8 Å². The fraction of sp³-hybridized carbons (Fsp3) is 0.222. The van der Waals surface area contributed by atoms with E-state index in [9.17, 15) is 9.36 Å². The summed E-state index contributed by atoms with van der Waals surface area (Å²) in [6.45, 7) is 2.69. The molecule has 3 aromatic carbocycles. The first kappa shape index (κ1) is 36.4. The van der Waals surface area contributed by atoms with Gasteiger partial charge in [-0.2, -0.15) is 0 Å². The van der Waals surface area contributed by atoms with Crippen LogP contribution in [0.2, 0.25) is 0 Å². The van der Waals surface area contributed by atoms with Crippen molar-refractivity contribution >= 4 is 30.4 Å². The second kappa shape index (κ2) is 18.2. The number of phosphoric acid groups is 1. The molecule has 10 nitrogen and oxygen atoms in total. The fourth-order valence-electron chi connectivity index (χ4n) is 4.53. The molecule has 0 spiro atoms. The topological polar surface area (TPSA) is 114 Å². The summed E-state index contributed by atoms with van der Waals surface area (Å²) in [5.41, 5.74) is 4.03. The number of pyridine rings is 1. The molecule has 1 heterocycles. The number of nitrogens with one attached hydrogen (secondary N) is 1. The van der Waals surface area contributed by atoms with Crippen molar-refractivity contribution in [3.63, 3.8) is 0 Å². The Hall–Kier alpha value is -4.44. The van der Waals surface area contributed by atoms with E-state index in [-0.39, 0.29) is 19.1 Å². The van der Waals surface area contributed by atoms with Crippen LogP contribution in [0, 0.1) is 6.92 Å². The SMILES string of the molecule is COc1ccc(C(NC(C)=O)C(=C\OCOP(=O)(OCc2ccccc2)OCc2ccccc2)/C=C(/Cl)c2cccnc2C)cc1OC. The highest BCUT2D eigenvalue weighted by molar-refractivity contribution is 7.48. The van der Waals surface area contributed by atoms with Gasteiger partial charge >= 0.3 is 7.82 Å². The summed E-state index contributed by atoms with van der Waals surface area (Å²) in [6, 6.07) is 26.6. The van der Waals surface area contributed by atoms with Crippen LogP contribution in [0.4, 0.5) is 0 Å². The molecule has 1 amide bonds. The van der Waals surface area contributed by atoms with Crippen molar-refractivity contribution < 1.29 is 37.1 Å². The minimum Gasteiger partial charge on any atom is -0.493 e. The Morgan fingerprint density at radius 1 is 0.875 bits per heavy atom. The van der Waals surface area contributed by atoms with E-state index in [1.807, 2.05) is 73.7 Å². The van der Waals surface area contributed by atoms with Gasteiger partial charge in [0.05, 0.1) is 44.8 Å². The van der Waals surface area contributed by atoms with Crippen LogP contribution in [0.25, 0.3) is 5.03 Å². The Morgan fingerprint density at radius 2 is 1.50 bits per heavy atom. The zero-order chi connectivity index (χ0) is 34.4. The van der Waals surface area contributed by atoms with Crippen molar-refractivity contribution in [2.75, 3.05) is 21.0 Å². The van der Waals surface area contributed by atoms with Crippen molar-refractivity contribution in [3.05, 3.63) is 143 Å². The molecule has 1 unspecified atom stereocenters. The van der Waals surface area contributed by atoms with Crippen molar-refractivity contribution in [3.8, 4) is 11.5 Å². The van der Waals surface area contributed by atoms with Gasteiger partial charge in [0.25, 0.3) is 0 Å². The quantitative estimate of drug-likeness (QED) is 0.0384. The molecule has 1 atom stereocenters. The summed E-state index contributed by atoms with van der Waals surface area (Å²) in [6.07, 6.45) is 4.69. The van der Waals surface area contributed by atoms with Gasteiger partial charge in [-0.1, -0.05) is 84.4 Å². The first-order valence-corrected chi connectivity index (χ1v) is 16.8. The number of phosphoric ester groups is 1. The number of hydrogen-bond acceptors (Lipinski definition) is 9. The van der Waals surface area contributed by atoms with Gasteiger partial charge in [-0.25, -0.2) is 9.09 Å². The van der Waals surface area contributed by atoms with Crippen LogP contribution in [0.5, 0.6) is 11.5 Å². The first-order valence-electron chi connectivity index (χ1n) is 14.9. The molecular formula is C36H38ClN2O8P. The summed E-state index contributed by atoms with van der Waals surface area (Å²) in [5.74, 6) is 0.658. The molecule has 0 aliphatic carbocycles. The van der Waals surface area contributed by atoms with E-state index in [0.717, 1.165) is 11.1 Å². The second-order valence-corrected chi connectivity index (χ2v) is 12.4. The molecular weight excluding hydrogens is 655 g/mol. The molecule has 0 aliphatic heterocycles. The van der Waals surface area contributed by atoms with Crippen LogP contribution in [0.3, 0.4) is 0 Å². The van der Waals surface area contributed by atoms with Crippen molar-refractivity contribution in [2.45, 2.75) is 33.1 Å². The molecule has 0 saturated carbocycles. The Kier molecular flexibility index (Phi) is 13.8. The van der Waals surface area contributed by atoms with Gasteiger partial charge in [-0.05, 0) is 47.9 Å². The predicted molar refractivity (Wildman–Crippen MR) is 184 cm³/mol. The second-order valence-electron chi connectivity index (χ2n) is 10.4. The standard InChI is InChI=1S/C36H38ClN2O8P/c1-26-32(16-11-19-38-26)33(37)20-31(36(39-27(2)40)30-17-18-34(42-3)35(21-30)43-4)24-44-25-47-48(41,45-22-28-12-7-5-8-13-28)46-23-29-14-9-6-10-15-29/h5-21,24,36H,22-23,25H2,1-4H3,(H,39,40)/b31-24-,33-20+. The lowest BCUT2D eigenvalue weighted by molar-refractivity contribution is -0.119. The average Bonchev–Trinajstić information content (AvgIpc) is 3.11. The van der Waals surface area contributed by atoms with E-state index in [1.54, 1.807) is 36.5 Å². The Bertz CT molecular complexity index is 1700. The van der Waals surface area contributed by atoms with Gasteiger partial charge in [-0.3, -0.25) is 18.8 Å². The molecule has 0 bridgehead atoms. The van der Waals surface area contributed by atoms with Gasteiger partial charge in [0.2, 0.25) is 5.91 Å². The smallest absolute Gasteiger partial charge is 0.478 e. The number of methoxy groups -OCH3 is 2. The first-order chi connectivity index (χ1) is 23.2. The zero-order valence-corrected chi connectivity index (χ0v) is 28.8. The number of hydrogen-bond donors (Lipinski definition) is 1. The van der Waals surface area contributed by atoms with Gasteiger partial charge in [0.1, 0.15) is 0 Å². The molecule has 0 aliphatic rings. The summed E-state index contributed by atoms with van der Waals surface area (Å²) in [4.78, 5) is 16.8. The zero-order valence-electron chi connectivity index (χ0n) is 27.1. The number of aromatic nitrogens is 1. The number of carbonyl (C=O) groups is 1. The minimum absolute atomic E-state index is 0.0132. The maximum absolute atomic E-state index is 13.7. The van der Waals surface area contributed by atoms with E-state index in [2.05, 4.69) is 10.3 Å². The number of benzene rings is 3. The van der Waals surface area contributed by atoms with Crippen LogP contribution in [-0.4, -0.2) is 31.9 Å². The number of rotatable bonds is 17. The summed E-state index contributed by atoms with van der Waals surface area (Å²) >= 11 is 6.82. The van der Waals surface area contributed by atoms with Crippen LogP contribution in [0.1, 0.15) is 40.9 Å². The van der Waals surface area contributed by atoms with Crippen molar-refractivity contribution in [2.24, 2.45) is 0 Å². The number of amides is 1. The van der Waals surface area contributed by atoms with Gasteiger partial charge in [0.15, 0.2) is 18.3 Å². The molecule has 0 radical (unpaired) electrons. The van der Waals surface area contributed by atoms with Gasteiger partial charge in [0, 0.05) is 30.0 Å². The Labute approximate surface area is 285 Å². The number of aryl methyl sites for hydroxylation is 1. The molecule has 0 saturated heterocycles. The van der Waals surface area contributed by atoms with Crippen LogP contribution in [0.15, 0.2) is 115 Å². The maximum Gasteiger partial charge on any atom is 0.478 e. The molecule has 0 fully saturated rings. The lowest BCUT2D eigenvalue weighted by atomic mass is 9.97. The third-order valence-corrected chi connectivity index (χ3v) is 8.57. The molecule has 1 N–H and O–H groups in total. The summed E-state index contributed by atoms with van der Waals surface area (Å²) in [7, 11) is -1.07. The van der Waals surface area contributed by atoms with E-state index in [1.165, 1.54) is 27.4 Å². The number of halogens is 1. The molecule has 48 heavy (non-hydrogen) atoms. The minimum atomic E-state index is -4.12. The molecule has 4 rings (SSSR count). The molecule has 1 aromatic heterocycles. The lowest BCUT2D eigenvalue weighted by Gasteiger charge is -2.22. The van der Waals surface area contributed by atoms with Crippen LogP contribution in [-0.2, 0) is 40.9 Å². The van der Waals surface area contributed by atoms with Crippen molar-refractivity contribution in [1.82, 2.24) is 10.3 Å². The predicted octanol–water partition coefficient (Wildman–Crippen LogP) is 8.28. The lowest BCUT2D eigenvalue weighted by Crippen LogP contribution is -2.27. The van der Waals surface area contributed by atoms with Crippen molar-refractivity contribution in [1.29, 1.82) is 0 Å². The normalized spacial score (nSPS) is 12.7. The average molecular weight is 693 g/mol. The van der Waals surface area contributed by atoms with E-state index >= 15 is 0 Å². The maximum atomic E-state index is 13.7. The van der Waals surface area contributed by atoms with Gasteiger partial charge in [-0.15, -0.1) is 0 Å². The third kappa shape index (κ3) is 10.8. The Morgan fingerprint density at radius 3 is 2.06 bits per heavy atom. The van der Waals surface area contributed by atoms with E-state index < -0.39 is 20.7 Å². The highest BCUT2D eigenvalue weighted by atomic mass is 35.5. The summed E-state index contributed by atoms with van der Waals surface area (Å²) in [5, 5.41) is 3.29. The van der Waals surface area contributed by atoms with Crippen LogP contribution >= 0.6 is 19.4 Å². The number of ether oxygens (including phenoxy) is 3. The molecule has 4 aromatic rings. The largest absolute Gasteiger partial charge is 0.493 e. The van der Waals surface area contributed by atoms with Gasteiger partial charge < -0.3 is 19.5 Å². The molecule has 12 heteroatoms. The highest BCUT2D eigenvalue weighted by Crippen LogP contribution is 2.51. The van der Waals surface area contributed by atoms with E-state index in [4.69, 9.17) is 39.4 Å². The summed E-state index contributed by atoms with van der Waals surface area (Å²) < 4.78 is 47.4. The monoisotopic (exact) mass is 692 g/mol. The number of carbonyl (C=O) groups excluding carboxylic acids is 1. The van der Waals surface area contributed by atoms with E-state index in [0.29, 0.717) is 38.9 Å². The number of nitrogens with zero attached hydrogens (tertiary/aromatic N) is 1. The molecule has 252 valence electrons. The fourth-order valence-corrected chi connectivity index (χ4v) is 5.89. The third-order valence-electron chi connectivity index (χ3n) is 6.94. The highest BCUT2D eigenvalue weighted by Gasteiger charge is 2.28.